The average Bonchev–Trinajstić information content (AvgIpc) is 2.86. The molecule has 0 spiro atoms. The molecular weight excluding hydrogens is 244 g/mol. The highest BCUT2D eigenvalue weighted by atomic mass is 15.0. The first-order valence-electron chi connectivity index (χ1n) is 6.52. The summed E-state index contributed by atoms with van der Waals surface area (Å²) < 4.78 is 2.09. The fourth-order valence-electron chi connectivity index (χ4n) is 2.52. The van der Waals surface area contributed by atoms with E-state index in [-0.39, 0.29) is 0 Å². The number of hydrogen-bond donors (Lipinski definition) is 0. The molecule has 3 aromatic rings. The predicted octanol–water partition coefficient (Wildman–Crippen LogP) is 4.23. The Bertz CT molecular complexity index is 762. The molecule has 20 heavy (non-hydrogen) atoms. The molecule has 0 bridgehead atoms. The zero-order valence-electron chi connectivity index (χ0n) is 11.2. The van der Waals surface area contributed by atoms with Crippen molar-refractivity contribution in [2.45, 2.75) is 0 Å². The van der Waals surface area contributed by atoms with Crippen molar-refractivity contribution in [3.63, 3.8) is 0 Å². The third kappa shape index (κ3) is 2.00. The van der Waals surface area contributed by atoms with Crippen LogP contribution in [0.5, 0.6) is 0 Å². The molecule has 1 heterocycles. The van der Waals surface area contributed by atoms with Crippen molar-refractivity contribution in [2.24, 2.45) is 7.05 Å². The van der Waals surface area contributed by atoms with E-state index in [4.69, 9.17) is 0 Å². The second-order valence-electron chi connectivity index (χ2n) is 4.69. The number of rotatable bonds is 2. The maximum atomic E-state index is 9.40. The molecule has 2 aromatic carbocycles. The molecule has 0 radical (unpaired) electrons. The Balaban J connectivity index is 2.23. The summed E-state index contributed by atoms with van der Waals surface area (Å²) in [4.78, 5) is 0. The van der Waals surface area contributed by atoms with E-state index in [2.05, 4.69) is 22.8 Å². The highest BCUT2D eigenvalue weighted by molar-refractivity contribution is 5.75. The molecule has 0 aliphatic heterocycles. The van der Waals surface area contributed by atoms with Crippen LogP contribution < -0.4 is 0 Å². The summed E-state index contributed by atoms with van der Waals surface area (Å²) in [5, 5.41) is 9.40. The van der Waals surface area contributed by atoms with Crippen molar-refractivity contribution in [1.29, 1.82) is 5.26 Å². The monoisotopic (exact) mass is 258 g/mol. The fraction of sp³-hybridized carbons (Fsp3) is 0.0556. The third-order valence-corrected chi connectivity index (χ3v) is 3.47. The Morgan fingerprint density at radius 2 is 1.40 bits per heavy atom. The zero-order chi connectivity index (χ0) is 13.9. The van der Waals surface area contributed by atoms with Crippen molar-refractivity contribution < 1.29 is 0 Å². The summed E-state index contributed by atoms with van der Waals surface area (Å²) in [6, 6.07) is 24.4. The van der Waals surface area contributed by atoms with Crippen LogP contribution in [0.4, 0.5) is 0 Å². The summed E-state index contributed by atoms with van der Waals surface area (Å²) >= 11 is 0. The number of nitrogens with zero attached hydrogens (tertiary/aromatic N) is 2. The summed E-state index contributed by atoms with van der Waals surface area (Å²) in [7, 11) is 2.01. The van der Waals surface area contributed by atoms with Crippen LogP contribution in [0.3, 0.4) is 0 Å². The number of aromatic nitrogens is 1. The molecule has 0 amide bonds. The lowest BCUT2D eigenvalue weighted by atomic mass is 10.1. The Kier molecular flexibility index (Phi) is 3.10. The van der Waals surface area contributed by atoms with Crippen LogP contribution in [0.15, 0.2) is 66.7 Å². The van der Waals surface area contributed by atoms with Crippen molar-refractivity contribution in [2.75, 3.05) is 0 Å². The topological polar surface area (TPSA) is 28.7 Å². The second-order valence-corrected chi connectivity index (χ2v) is 4.69. The molecule has 0 saturated carbocycles. The molecule has 2 nitrogen and oxygen atoms in total. The number of nitriles is 1. The summed E-state index contributed by atoms with van der Waals surface area (Å²) in [6.07, 6.45) is 0. The minimum atomic E-state index is 0.706. The molecule has 1 aromatic heterocycles. The van der Waals surface area contributed by atoms with Crippen molar-refractivity contribution in [3.8, 4) is 28.6 Å². The van der Waals surface area contributed by atoms with E-state index in [1.54, 1.807) is 0 Å². The van der Waals surface area contributed by atoms with Gasteiger partial charge in [-0.1, -0.05) is 60.7 Å². The Hall–Kier alpha value is -2.79. The number of benzene rings is 2. The molecule has 3 rings (SSSR count). The van der Waals surface area contributed by atoms with E-state index >= 15 is 0 Å². The fourth-order valence-corrected chi connectivity index (χ4v) is 2.52. The van der Waals surface area contributed by atoms with Gasteiger partial charge in [-0.3, -0.25) is 0 Å². The van der Waals surface area contributed by atoms with Crippen molar-refractivity contribution in [3.05, 3.63) is 72.3 Å². The summed E-state index contributed by atoms with van der Waals surface area (Å²) in [6.45, 7) is 0. The first-order valence-corrected chi connectivity index (χ1v) is 6.52. The Morgan fingerprint density at radius 3 is 1.95 bits per heavy atom. The normalized spacial score (nSPS) is 10.2. The molecule has 0 aliphatic rings. The maximum Gasteiger partial charge on any atom is 0.101 e. The molecule has 2 heteroatoms. The molecule has 96 valence electrons. The van der Waals surface area contributed by atoms with Gasteiger partial charge >= 0.3 is 0 Å². The van der Waals surface area contributed by atoms with Gasteiger partial charge in [-0.25, -0.2) is 0 Å². The van der Waals surface area contributed by atoms with Gasteiger partial charge in [0.15, 0.2) is 0 Å². The second kappa shape index (κ2) is 5.07. The molecular formula is C18H14N2. The summed E-state index contributed by atoms with van der Waals surface area (Å²) in [5.74, 6) is 0. The lowest BCUT2D eigenvalue weighted by Gasteiger charge is -2.08. The molecule has 0 unspecified atom stereocenters. The van der Waals surface area contributed by atoms with Crippen LogP contribution in [0.25, 0.3) is 22.5 Å². The van der Waals surface area contributed by atoms with Crippen LogP contribution in [0.1, 0.15) is 5.56 Å². The van der Waals surface area contributed by atoms with E-state index in [0.717, 1.165) is 22.5 Å². The van der Waals surface area contributed by atoms with Gasteiger partial charge in [0.1, 0.15) is 6.07 Å². The van der Waals surface area contributed by atoms with Gasteiger partial charge in [-0.15, -0.1) is 0 Å². The SMILES string of the molecule is Cn1c(-c2ccccc2)cc(C#N)c1-c1ccccc1. The first-order chi connectivity index (χ1) is 9.81. The van der Waals surface area contributed by atoms with Gasteiger partial charge in [0.25, 0.3) is 0 Å². The highest BCUT2D eigenvalue weighted by Gasteiger charge is 2.14. The number of hydrogen-bond acceptors (Lipinski definition) is 1. The van der Waals surface area contributed by atoms with Crippen molar-refractivity contribution >= 4 is 0 Å². The minimum Gasteiger partial charge on any atom is -0.343 e. The quantitative estimate of drug-likeness (QED) is 0.676. The van der Waals surface area contributed by atoms with Crippen LogP contribution >= 0.6 is 0 Å². The highest BCUT2D eigenvalue weighted by Crippen LogP contribution is 2.31. The molecule has 0 fully saturated rings. The van der Waals surface area contributed by atoms with Crippen LogP contribution in [-0.2, 0) is 7.05 Å². The van der Waals surface area contributed by atoms with Crippen molar-refractivity contribution in [1.82, 2.24) is 4.57 Å². The largest absolute Gasteiger partial charge is 0.343 e. The van der Waals surface area contributed by atoms with Gasteiger partial charge in [-0.05, 0) is 17.2 Å². The molecule has 0 N–H and O–H groups in total. The predicted molar refractivity (Wildman–Crippen MR) is 81.0 cm³/mol. The smallest absolute Gasteiger partial charge is 0.101 e. The van der Waals surface area contributed by atoms with E-state index in [0.29, 0.717) is 5.56 Å². The first kappa shape index (κ1) is 12.3. The molecule has 0 saturated heterocycles. The lowest BCUT2D eigenvalue weighted by Crippen LogP contribution is -1.95. The molecule has 0 aliphatic carbocycles. The van der Waals surface area contributed by atoms with E-state index in [9.17, 15) is 5.26 Å². The van der Waals surface area contributed by atoms with E-state index in [1.165, 1.54) is 0 Å². The van der Waals surface area contributed by atoms with Crippen LogP contribution in [0, 0.1) is 11.3 Å². The van der Waals surface area contributed by atoms with Gasteiger partial charge in [0.05, 0.1) is 11.3 Å². The van der Waals surface area contributed by atoms with Crippen LogP contribution in [-0.4, -0.2) is 4.57 Å². The lowest BCUT2D eigenvalue weighted by molar-refractivity contribution is 0.945. The van der Waals surface area contributed by atoms with E-state index < -0.39 is 0 Å². The van der Waals surface area contributed by atoms with E-state index in [1.807, 2.05) is 61.6 Å². The van der Waals surface area contributed by atoms with Gasteiger partial charge < -0.3 is 4.57 Å². The van der Waals surface area contributed by atoms with Gasteiger partial charge in [0.2, 0.25) is 0 Å². The maximum absolute atomic E-state index is 9.40. The molecule has 0 atom stereocenters. The van der Waals surface area contributed by atoms with Gasteiger partial charge in [0, 0.05) is 12.7 Å². The third-order valence-electron chi connectivity index (χ3n) is 3.47. The van der Waals surface area contributed by atoms with Gasteiger partial charge in [-0.2, -0.15) is 5.26 Å². The van der Waals surface area contributed by atoms with Crippen LogP contribution in [0.2, 0.25) is 0 Å². The standard InChI is InChI=1S/C18H14N2/c1-20-17(14-8-4-2-5-9-14)12-16(13-19)18(20)15-10-6-3-7-11-15/h2-12H,1H3. The Labute approximate surface area is 118 Å². The minimum absolute atomic E-state index is 0.706. The summed E-state index contributed by atoms with van der Waals surface area (Å²) in [5.41, 5.74) is 4.91. The average molecular weight is 258 g/mol. The Morgan fingerprint density at radius 1 is 0.850 bits per heavy atom. The zero-order valence-corrected chi connectivity index (χ0v) is 11.2.